The molecule has 1 aromatic heterocycles. The van der Waals surface area contributed by atoms with Crippen molar-refractivity contribution in [3.05, 3.63) is 59.8 Å². The lowest BCUT2D eigenvalue weighted by atomic mass is 10.2. The Bertz CT molecular complexity index is 757. The second kappa shape index (κ2) is 5.52. The van der Waals surface area contributed by atoms with Gasteiger partial charge in [0.05, 0.1) is 14.2 Å². The molecule has 3 aromatic rings. The molecule has 1 radical (unpaired) electrons. The van der Waals surface area contributed by atoms with Crippen molar-refractivity contribution >= 4 is 10.9 Å². The van der Waals surface area contributed by atoms with E-state index in [4.69, 9.17) is 9.47 Å². The standard InChI is InChI=1S/C18H18NO2/c1-13-10-15-11-17(21-3)8-9-18(15)19(13)12-14-4-6-16(20-2)7-5-14/h4-9,11H,12H2,1-3H3. The van der Waals surface area contributed by atoms with E-state index in [1.807, 2.05) is 24.3 Å². The number of ether oxygens (including phenoxy) is 2. The lowest BCUT2D eigenvalue weighted by molar-refractivity contribution is 0.414. The minimum absolute atomic E-state index is 0.822. The number of hydrogen-bond donors (Lipinski definition) is 0. The highest BCUT2D eigenvalue weighted by atomic mass is 16.5. The highest BCUT2D eigenvalue weighted by Crippen LogP contribution is 2.25. The van der Waals surface area contributed by atoms with Gasteiger partial charge in [-0.1, -0.05) is 12.1 Å². The summed E-state index contributed by atoms with van der Waals surface area (Å²) < 4.78 is 12.7. The van der Waals surface area contributed by atoms with Gasteiger partial charge in [0.1, 0.15) is 11.5 Å². The van der Waals surface area contributed by atoms with Gasteiger partial charge in [0.25, 0.3) is 0 Å². The zero-order valence-electron chi connectivity index (χ0n) is 12.5. The monoisotopic (exact) mass is 280 g/mol. The molecule has 0 saturated carbocycles. The zero-order chi connectivity index (χ0) is 14.8. The Hall–Kier alpha value is -2.42. The molecule has 0 aliphatic heterocycles. The van der Waals surface area contributed by atoms with Crippen LogP contribution in [0.1, 0.15) is 11.3 Å². The normalized spacial score (nSPS) is 10.8. The first-order valence-corrected chi connectivity index (χ1v) is 6.90. The van der Waals surface area contributed by atoms with Crippen LogP contribution in [0, 0.1) is 13.0 Å². The average Bonchev–Trinajstić information content (AvgIpc) is 2.83. The van der Waals surface area contributed by atoms with Crippen LogP contribution in [0.3, 0.4) is 0 Å². The highest BCUT2D eigenvalue weighted by Gasteiger charge is 2.08. The fourth-order valence-electron chi connectivity index (χ4n) is 2.54. The number of aryl methyl sites for hydroxylation is 1. The first-order valence-electron chi connectivity index (χ1n) is 6.90. The molecule has 0 fully saturated rings. The third-order valence-corrected chi connectivity index (χ3v) is 3.71. The van der Waals surface area contributed by atoms with Crippen LogP contribution >= 0.6 is 0 Å². The van der Waals surface area contributed by atoms with Crippen molar-refractivity contribution in [1.29, 1.82) is 0 Å². The Morgan fingerprint density at radius 2 is 1.62 bits per heavy atom. The largest absolute Gasteiger partial charge is 0.497 e. The van der Waals surface area contributed by atoms with Gasteiger partial charge in [-0.25, -0.2) is 0 Å². The predicted octanol–water partition coefficient (Wildman–Crippen LogP) is 3.82. The highest BCUT2D eigenvalue weighted by molar-refractivity contribution is 5.82. The number of aromatic nitrogens is 1. The third kappa shape index (κ3) is 2.59. The lowest BCUT2D eigenvalue weighted by Gasteiger charge is -2.09. The molecule has 3 heteroatoms. The van der Waals surface area contributed by atoms with Crippen molar-refractivity contribution in [1.82, 2.24) is 4.57 Å². The van der Waals surface area contributed by atoms with Gasteiger partial charge in [0.15, 0.2) is 0 Å². The van der Waals surface area contributed by atoms with E-state index < -0.39 is 0 Å². The first kappa shape index (κ1) is 13.6. The molecule has 0 unspecified atom stereocenters. The number of methoxy groups -OCH3 is 2. The van der Waals surface area contributed by atoms with Crippen LogP contribution in [0.5, 0.6) is 11.5 Å². The van der Waals surface area contributed by atoms with Gasteiger partial charge < -0.3 is 14.0 Å². The van der Waals surface area contributed by atoms with E-state index in [0.717, 1.165) is 29.1 Å². The van der Waals surface area contributed by atoms with Gasteiger partial charge in [-0.15, -0.1) is 0 Å². The molecule has 0 aliphatic rings. The quantitative estimate of drug-likeness (QED) is 0.725. The molecule has 0 amide bonds. The van der Waals surface area contributed by atoms with E-state index in [0.29, 0.717) is 0 Å². The molecule has 0 spiro atoms. The van der Waals surface area contributed by atoms with Crippen LogP contribution in [-0.2, 0) is 6.54 Å². The van der Waals surface area contributed by atoms with E-state index in [2.05, 4.69) is 35.8 Å². The summed E-state index contributed by atoms with van der Waals surface area (Å²) in [5.74, 6) is 1.74. The van der Waals surface area contributed by atoms with E-state index in [1.54, 1.807) is 14.2 Å². The SMILES string of the molecule is COc1ccc(Cn2c(C)[c]c3cc(OC)ccc32)cc1. The number of nitrogens with zero attached hydrogens (tertiary/aromatic N) is 1. The molecular weight excluding hydrogens is 262 g/mol. The van der Waals surface area contributed by atoms with Crippen LogP contribution in [0.25, 0.3) is 10.9 Å². The topological polar surface area (TPSA) is 23.4 Å². The number of fused-ring (bicyclic) bond motifs is 1. The Balaban J connectivity index is 1.97. The summed E-state index contributed by atoms with van der Waals surface area (Å²) in [7, 11) is 3.36. The average molecular weight is 280 g/mol. The minimum atomic E-state index is 0.822. The lowest BCUT2D eigenvalue weighted by Crippen LogP contribution is -2.01. The van der Waals surface area contributed by atoms with Gasteiger partial charge in [-0.2, -0.15) is 0 Å². The molecule has 3 nitrogen and oxygen atoms in total. The smallest absolute Gasteiger partial charge is 0.119 e. The summed E-state index contributed by atoms with van der Waals surface area (Å²) in [5.41, 5.74) is 3.53. The first-order chi connectivity index (χ1) is 10.2. The fourth-order valence-corrected chi connectivity index (χ4v) is 2.54. The molecule has 1 heterocycles. The molecule has 107 valence electrons. The molecule has 3 rings (SSSR count). The van der Waals surface area contributed by atoms with Crippen LogP contribution in [0.4, 0.5) is 0 Å². The van der Waals surface area contributed by atoms with Crippen molar-refractivity contribution in [2.45, 2.75) is 13.5 Å². The maximum absolute atomic E-state index is 5.27. The molecule has 0 atom stereocenters. The van der Waals surface area contributed by atoms with Gasteiger partial charge in [-0.3, -0.25) is 0 Å². The molecule has 21 heavy (non-hydrogen) atoms. The number of benzene rings is 2. The number of rotatable bonds is 4. The Morgan fingerprint density at radius 3 is 2.29 bits per heavy atom. The van der Waals surface area contributed by atoms with Crippen LogP contribution in [0.15, 0.2) is 42.5 Å². The molecule has 0 aliphatic carbocycles. The van der Waals surface area contributed by atoms with Gasteiger partial charge in [0.2, 0.25) is 0 Å². The van der Waals surface area contributed by atoms with Gasteiger partial charge >= 0.3 is 0 Å². The van der Waals surface area contributed by atoms with E-state index in [-0.39, 0.29) is 0 Å². The summed E-state index contributed by atoms with van der Waals surface area (Å²) in [5, 5.41) is 1.08. The second-order valence-electron chi connectivity index (χ2n) is 5.03. The molecular formula is C18H18NO2. The van der Waals surface area contributed by atoms with Crippen molar-refractivity contribution in [2.24, 2.45) is 0 Å². The fraction of sp³-hybridized carbons (Fsp3) is 0.222. The van der Waals surface area contributed by atoms with Crippen molar-refractivity contribution in [3.63, 3.8) is 0 Å². The zero-order valence-corrected chi connectivity index (χ0v) is 12.5. The van der Waals surface area contributed by atoms with Crippen molar-refractivity contribution in [3.8, 4) is 11.5 Å². The van der Waals surface area contributed by atoms with Crippen LogP contribution in [-0.4, -0.2) is 18.8 Å². The van der Waals surface area contributed by atoms with Crippen molar-refractivity contribution < 1.29 is 9.47 Å². The van der Waals surface area contributed by atoms with Gasteiger partial charge in [0, 0.05) is 29.2 Å². The Kier molecular flexibility index (Phi) is 3.57. The Morgan fingerprint density at radius 1 is 0.952 bits per heavy atom. The van der Waals surface area contributed by atoms with E-state index in [1.165, 1.54) is 11.1 Å². The van der Waals surface area contributed by atoms with Crippen LogP contribution in [0.2, 0.25) is 0 Å². The predicted molar refractivity (Wildman–Crippen MR) is 84.2 cm³/mol. The summed E-state index contributed by atoms with van der Waals surface area (Å²) in [6.45, 7) is 2.90. The Labute approximate surface area is 124 Å². The summed E-state index contributed by atoms with van der Waals surface area (Å²) in [6, 6.07) is 17.7. The van der Waals surface area contributed by atoms with Gasteiger partial charge in [-0.05, 0) is 42.8 Å². The summed E-state index contributed by atoms with van der Waals surface area (Å²) >= 11 is 0. The van der Waals surface area contributed by atoms with Crippen LogP contribution < -0.4 is 9.47 Å². The minimum Gasteiger partial charge on any atom is -0.497 e. The van der Waals surface area contributed by atoms with Crippen molar-refractivity contribution in [2.75, 3.05) is 14.2 Å². The van der Waals surface area contributed by atoms with E-state index >= 15 is 0 Å². The number of hydrogen-bond acceptors (Lipinski definition) is 2. The maximum atomic E-state index is 5.27. The van der Waals surface area contributed by atoms with E-state index in [9.17, 15) is 0 Å². The molecule has 2 aromatic carbocycles. The maximum Gasteiger partial charge on any atom is 0.119 e. The third-order valence-electron chi connectivity index (χ3n) is 3.71. The summed E-state index contributed by atoms with van der Waals surface area (Å²) in [4.78, 5) is 0. The summed E-state index contributed by atoms with van der Waals surface area (Å²) in [6.07, 6.45) is 0. The molecule has 0 N–H and O–H groups in total. The second-order valence-corrected chi connectivity index (χ2v) is 5.03. The molecule has 0 bridgehead atoms. The molecule has 0 saturated heterocycles.